The lowest BCUT2D eigenvalue weighted by Gasteiger charge is -2.28. The summed E-state index contributed by atoms with van der Waals surface area (Å²) in [7, 11) is 0. The van der Waals surface area contributed by atoms with Crippen LogP contribution in [0.25, 0.3) is 11.2 Å². The Kier molecular flexibility index (Phi) is 3.21. The molecule has 0 aromatic carbocycles. The number of ether oxygens (including phenoxy) is 3. The number of hydrogen-bond acceptors (Lipinski definition) is 7. The lowest BCUT2D eigenvalue weighted by Crippen LogP contribution is -2.43. The highest BCUT2D eigenvalue weighted by atomic mass is 16.8. The average molecular weight is 320 g/mol. The van der Waals surface area contributed by atoms with Crippen molar-refractivity contribution in [2.24, 2.45) is 0 Å². The summed E-state index contributed by atoms with van der Waals surface area (Å²) < 4.78 is 19.8. The summed E-state index contributed by atoms with van der Waals surface area (Å²) in [6.07, 6.45) is 0.823. The van der Waals surface area contributed by atoms with Gasteiger partial charge >= 0.3 is 0 Å². The standard InChI is InChI=1S/C15H20N4O4/c1-7-10-13(17-5-16-7)19(6-18-10)14-15(4)12(21-9(3)23-15)11(22-14)8(2)20/h5-6,8-9,11-12,14,20H,1-4H3. The Labute approximate surface area is 133 Å². The molecule has 0 spiro atoms. The molecule has 2 aliphatic heterocycles. The maximum Gasteiger partial charge on any atom is 0.168 e. The quantitative estimate of drug-likeness (QED) is 0.880. The van der Waals surface area contributed by atoms with Crippen LogP contribution >= 0.6 is 0 Å². The number of fused-ring (bicyclic) bond motifs is 2. The van der Waals surface area contributed by atoms with Crippen LogP contribution in [0.15, 0.2) is 12.7 Å². The van der Waals surface area contributed by atoms with E-state index in [9.17, 15) is 5.11 Å². The van der Waals surface area contributed by atoms with Crippen LogP contribution in [-0.4, -0.2) is 54.8 Å². The molecule has 2 fully saturated rings. The molecule has 0 saturated carbocycles. The molecule has 4 rings (SSSR count). The van der Waals surface area contributed by atoms with Gasteiger partial charge in [-0.15, -0.1) is 0 Å². The fourth-order valence-electron chi connectivity index (χ4n) is 3.60. The van der Waals surface area contributed by atoms with Gasteiger partial charge in [-0.3, -0.25) is 4.57 Å². The lowest BCUT2D eigenvalue weighted by atomic mass is 9.94. The molecular weight excluding hydrogens is 300 g/mol. The van der Waals surface area contributed by atoms with Gasteiger partial charge in [-0.25, -0.2) is 15.0 Å². The first-order valence-electron chi connectivity index (χ1n) is 7.72. The van der Waals surface area contributed by atoms with Crippen LogP contribution < -0.4 is 0 Å². The number of nitrogens with zero attached hydrogens (tertiary/aromatic N) is 4. The summed E-state index contributed by atoms with van der Waals surface area (Å²) in [5.41, 5.74) is 1.48. The molecule has 4 heterocycles. The zero-order valence-electron chi connectivity index (χ0n) is 13.5. The Morgan fingerprint density at radius 1 is 1.30 bits per heavy atom. The van der Waals surface area contributed by atoms with Crippen LogP contribution in [0.5, 0.6) is 0 Å². The van der Waals surface area contributed by atoms with Gasteiger partial charge in [0.25, 0.3) is 0 Å². The highest BCUT2D eigenvalue weighted by Crippen LogP contribution is 2.49. The summed E-state index contributed by atoms with van der Waals surface area (Å²) in [5.74, 6) is 0. The maximum atomic E-state index is 10.1. The van der Waals surface area contributed by atoms with E-state index in [4.69, 9.17) is 14.2 Å². The third-order valence-electron chi connectivity index (χ3n) is 4.67. The number of aryl methyl sites for hydroxylation is 1. The highest BCUT2D eigenvalue weighted by molar-refractivity contribution is 5.72. The first-order valence-corrected chi connectivity index (χ1v) is 7.72. The van der Waals surface area contributed by atoms with Gasteiger partial charge in [-0.2, -0.15) is 0 Å². The van der Waals surface area contributed by atoms with Crippen molar-refractivity contribution in [2.75, 3.05) is 0 Å². The van der Waals surface area contributed by atoms with Crippen molar-refractivity contribution in [3.63, 3.8) is 0 Å². The first kappa shape index (κ1) is 14.9. The van der Waals surface area contributed by atoms with Crippen molar-refractivity contribution >= 4 is 11.2 Å². The second kappa shape index (κ2) is 4.94. The van der Waals surface area contributed by atoms with Crippen molar-refractivity contribution in [2.45, 2.75) is 64.1 Å². The fourth-order valence-corrected chi connectivity index (χ4v) is 3.60. The van der Waals surface area contributed by atoms with E-state index in [1.165, 1.54) is 6.33 Å². The number of hydrogen-bond donors (Lipinski definition) is 1. The molecule has 2 aromatic rings. The lowest BCUT2D eigenvalue weighted by molar-refractivity contribution is -0.172. The highest BCUT2D eigenvalue weighted by Gasteiger charge is 2.62. The molecule has 6 unspecified atom stereocenters. The van der Waals surface area contributed by atoms with Crippen molar-refractivity contribution in [1.82, 2.24) is 19.5 Å². The van der Waals surface area contributed by atoms with E-state index in [1.807, 2.05) is 25.3 Å². The first-order chi connectivity index (χ1) is 10.9. The van der Waals surface area contributed by atoms with E-state index in [0.29, 0.717) is 5.65 Å². The van der Waals surface area contributed by atoms with Gasteiger partial charge in [0.2, 0.25) is 0 Å². The summed E-state index contributed by atoms with van der Waals surface area (Å²) in [4.78, 5) is 12.9. The number of rotatable bonds is 2. The van der Waals surface area contributed by atoms with E-state index in [-0.39, 0.29) is 12.4 Å². The summed E-state index contributed by atoms with van der Waals surface area (Å²) in [6, 6.07) is 0. The minimum atomic E-state index is -0.729. The van der Waals surface area contributed by atoms with Crippen molar-refractivity contribution in [1.29, 1.82) is 0 Å². The molecular formula is C15H20N4O4. The molecule has 0 bridgehead atoms. The third kappa shape index (κ3) is 2.02. The number of aliphatic hydroxyl groups is 1. The predicted octanol–water partition coefficient (Wildman–Crippen LogP) is 0.933. The van der Waals surface area contributed by atoms with Gasteiger partial charge in [-0.05, 0) is 27.7 Å². The van der Waals surface area contributed by atoms with Gasteiger partial charge in [-0.1, -0.05) is 0 Å². The number of aliphatic hydroxyl groups excluding tert-OH is 1. The van der Waals surface area contributed by atoms with Gasteiger partial charge in [0.15, 0.2) is 18.2 Å². The molecule has 6 atom stereocenters. The van der Waals surface area contributed by atoms with Gasteiger partial charge in [0.05, 0.1) is 18.1 Å². The van der Waals surface area contributed by atoms with Crippen LogP contribution in [0.3, 0.4) is 0 Å². The zero-order valence-corrected chi connectivity index (χ0v) is 13.5. The summed E-state index contributed by atoms with van der Waals surface area (Å²) in [6.45, 7) is 7.36. The van der Waals surface area contributed by atoms with Crippen molar-refractivity contribution in [3.8, 4) is 0 Å². The van der Waals surface area contributed by atoms with E-state index < -0.39 is 24.0 Å². The Balaban J connectivity index is 1.82. The molecule has 8 heteroatoms. The minimum Gasteiger partial charge on any atom is -0.391 e. The van der Waals surface area contributed by atoms with Crippen molar-refractivity contribution < 1.29 is 19.3 Å². The summed E-state index contributed by atoms with van der Waals surface area (Å²) in [5, 5.41) is 10.1. The SMILES string of the molecule is Cc1ncnc2c1ncn2C1OC(C(C)O)C2OC(C)OC21C. The predicted molar refractivity (Wildman–Crippen MR) is 79.5 cm³/mol. The molecule has 0 radical (unpaired) electrons. The summed E-state index contributed by atoms with van der Waals surface area (Å²) >= 11 is 0. The Bertz CT molecular complexity index is 748. The minimum absolute atomic E-state index is 0.358. The topological polar surface area (TPSA) is 91.5 Å². The van der Waals surface area contributed by atoms with Crippen LogP contribution in [0.4, 0.5) is 0 Å². The van der Waals surface area contributed by atoms with E-state index >= 15 is 0 Å². The van der Waals surface area contributed by atoms with Crippen LogP contribution in [0, 0.1) is 6.92 Å². The smallest absolute Gasteiger partial charge is 0.168 e. The van der Waals surface area contributed by atoms with Crippen LogP contribution in [0.2, 0.25) is 0 Å². The maximum absolute atomic E-state index is 10.1. The Morgan fingerprint density at radius 2 is 2.09 bits per heavy atom. The molecule has 2 aromatic heterocycles. The van der Waals surface area contributed by atoms with Gasteiger partial charge in [0, 0.05) is 0 Å². The molecule has 8 nitrogen and oxygen atoms in total. The zero-order chi connectivity index (χ0) is 16.4. The average Bonchev–Trinajstić information content (AvgIpc) is 3.09. The Hall–Kier alpha value is -1.61. The van der Waals surface area contributed by atoms with E-state index in [2.05, 4.69) is 15.0 Å². The second-order valence-corrected chi connectivity index (χ2v) is 6.40. The van der Waals surface area contributed by atoms with Crippen LogP contribution in [0.1, 0.15) is 32.7 Å². The van der Waals surface area contributed by atoms with Gasteiger partial charge in [0.1, 0.15) is 29.7 Å². The second-order valence-electron chi connectivity index (χ2n) is 6.40. The number of imidazole rings is 1. The molecule has 2 aliphatic rings. The van der Waals surface area contributed by atoms with Crippen molar-refractivity contribution in [3.05, 3.63) is 18.3 Å². The molecule has 124 valence electrons. The molecule has 0 amide bonds. The molecule has 2 saturated heterocycles. The largest absolute Gasteiger partial charge is 0.391 e. The third-order valence-corrected chi connectivity index (χ3v) is 4.67. The molecule has 23 heavy (non-hydrogen) atoms. The number of aromatic nitrogens is 4. The van der Waals surface area contributed by atoms with E-state index in [0.717, 1.165) is 11.2 Å². The van der Waals surface area contributed by atoms with E-state index in [1.54, 1.807) is 13.3 Å². The fraction of sp³-hybridized carbons (Fsp3) is 0.667. The normalized spacial score (nSPS) is 38.1. The molecule has 1 N–H and O–H groups in total. The van der Waals surface area contributed by atoms with Gasteiger partial charge < -0.3 is 19.3 Å². The van der Waals surface area contributed by atoms with Crippen LogP contribution in [-0.2, 0) is 14.2 Å². The Morgan fingerprint density at radius 3 is 2.83 bits per heavy atom. The molecule has 0 aliphatic carbocycles. The monoisotopic (exact) mass is 320 g/mol.